The van der Waals surface area contributed by atoms with Crippen LogP contribution in [0.2, 0.25) is 0 Å². The second kappa shape index (κ2) is 7.52. The lowest BCUT2D eigenvalue weighted by Gasteiger charge is -2.42. The first-order valence-corrected chi connectivity index (χ1v) is 9.53. The number of thioether (sulfide) groups is 1. The van der Waals surface area contributed by atoms with Crippen molar-refractivity contribution in [2.24, 2.45) is 11.8 Å². The lowest BCUT2D eigenvalue weighted by molar-refractivity contribution is -0.151. The van der Waals surface area contributed by atoms with Crippen LogP contribution in [-0.4, -0.2) is 47.4 Å². The molecule has 1 saturated heterocycles. The van der Waals surface area contributed by atoms with E-state index in [2.05, 4.69) is 18.5 Å². The summed E-state index contributed by atoms with van der Waals surface area (Å²) in [5, 5.41) is 2.99. The highest BCUT2D eigenvalue weighted by molar-refractivity contribution is 7.98. The van der Waals surface area contributed by atoms with Gasteiger partial charge in [-0.25, -0.2) is 0 Å². The molecule has 2 rings (SSSR count). The van der Waals surface area contributed by atoms with Gasteiger partial charge in [-0.15, -0.1) is 0 Å². The Bertz CT molecular complexity index is 382. The average Bonchev–Trinajstić information content (AvgIpc) is 2.48. The summed E-state index contributed by atoms with van der Waals surface area (Å²) in [6.45, 7) is 4.69. The zero-order valence-electron chi connectivity index (χ0n) is 13.4. The van der Waals surface area contributed by atoms with E-state index >= 15 is 0 Å². The second-order valence-electron chi connectivity index (χ2n) is 6.61. The molecule has 0 aromatic heterocycles. The molecule has 5 heteroatoms. The standard InChI is InChI=1S/C16H28N2O2S/c1-11(10-21-3)9-18-12(2)15(19)17-14(16(18)20)13-7-5-4-6-8-13/h11-14H,4-10H2,1-3H3,(H,17,19). The van der Waals surface area contributed by atoms with Crippen molar-refractivity contribution in [3.63, 3.8) is 0 Å². The first kappa shape index (κ1) is 16.7. The fraction of sp³-hybridized carbons (Fsp3) is 0.875. The van der Waals surface area contributed by atoms with Gasteiger partial charge >= 0.3 is 0 Å². The molecule has 1 saturated carbocycles. The Morgan fingerprint density at radius 2 is 1.95 bits per heavy atom. The Morgan fingerprint density at radius 3 is 2.57 bits per heavy atom. The Morgan fingerprint density at radius 1 is 1.29 bits per heavy atom. The van der Waals surface area contributed by atoms with E-state index in [4.69, 9.17) is 0 Å². The van der Waals surface area contributed by atoms with Crippen molar-refractivity contribution in [3.05, 3.63) is 0 Å². The van der Waals surface area contributed by atoms with Crippen LogP contribution in [0.15, 0.2) is 0 Å². The number of nitrogens with one attached hydrogen (secondary N) is 1. The third kappa shape index (κ3) is 3.93. The molecule has 1 aliphatic heterocycles. The normalized spacial score (nSPS) is 29.4. The molecule has 120 valence electrons. The van der Waals surface area contributed by atoms with Gasteiger partial charge in [-0.1, -0.05) is 26.2 Å². The third-order valence-corrected chi connectivity index (χ3v) is 5.68. The van der Waals surface area contributed by atoms with E-state index in [1.807, 2.05) is 11.8 Å². The molecule has 0 spiro atoms. The summed E-state index contributed by atoms with van der Waals surface area (Å²) in [5.74, 6) is 1.93. The lowest BCUT2D eigenvalue weighted by Crippen LogP contribution is -2.65. The van der Waals surface area contributed by atoms with E-state index in [0.29, 0.717) is 18.4 Å². The maximum absolute atomic E-state index is 12.8. The van der Waals surface area contributed by atoms with Crippen molar-refractivity contribution >= 4 is 23.6 Å². The monoisotopic (exact) mass is 312 g/mol. The fourth-order valence-corrected chi connectivity index (χ4v) is 4.23. The summed E-state index contributed by atoms with van der Waals surface area (Å²) >= 11 is 1.79. The summed E-state index contributed by atoms with van der Waals surface area (Å²) in [5.41, 5.74) is 0. The van der Waals surface area contributed by atoms with E-state index in [9.17, 15) is 9.59 Å². The minimum Gasteiger partial charge on any atom is -0.342 e. The SMILES string of the molecule is CSCC(C)CN1C(=O)C(C2CCCCC2)NC(=O)C1C. The van der Waals surface area contributed by atoms with Gasteiger partial charge in [0.2, 0.25) is 11.8 Å². The number of carbonyl (C=O) groups is 2. The minimum atomic E-state index is -0.332. The van der Waals surface area contributed by atoms with Crippen molar-refractivity contribution in [1.82, 2.24) is 10.2 Å². The molecular formula is C16H28N2O2S. The molecule has 0 bridgehead atoms. The Labute approximate surface area is 132 Å². The van der Waals surface area contributed by atoms with Crippen LogP contribution in [0.4, 0.5) is 0 Å². The fourth-order valence-electron chi connectivity index (χ4n) is 3.55. The number of hydrogen-bond donors (Lipinski definition) is 1. The lowest BCUT2D eigenvalue weighted by atomic mass is 9.82. The average molecular weight is 312 g/mol. The first-order valence-electron chi connectivity index (χ1n) is 8.14. The zero-order chi connectivity index (χ0) is 15.4. The predicted octanol–water partition coefficient (Wildman–Crippen LogP) is 2.28. The maximum atomic E-state index is 12.8. The van der Waals surface area contributed by atoms with Gasteiger partial charge in [-0.05, 0) is 43.6 Å². The van der Waals surface area contributed by atoms with Crippen molar-refractivity contribution in [1.29, 1.82) is 0 Å². The molecule has 0 radical (unpaired) electrons. The van der Waals surface area contributed by atoms with Gasteiger partial charge in [0.25, 0.3) is 0 Å². The van der Waals surface area contributed by atoms with E-state index in [1.54, 1.807) is 11.8 Å². The highest BCUT2D eigenvalue weighted by Crippen LogP contribution is 2.29. The van der Waals surface area contributed by atoms with Gasteiger partial charge in [-0.3, -0.25) is 9.59 Å². The zero-order valence-corrected chi connectivity index (χ0v) is 14.2. The molecule has 21 heavy (non-hydrogen) atoms. The molecule has 1 aliphatic carbocycles. The van der Waals surface area contributed by atoms with Gasteiger partial charge < -0.3 is 10.2 Å². The van der Waals surface area contributed by atoms with Crippen LogP contribution in [0.25, 0.3) is 0 Å². The van der Waals surface area contributed by atoms with E-state index in [0.717, 1.165) is 18.6 Å². The molecule has 2 fully saturated rings. The van der Waals surface area contributed by atoms with Crippen LogP contribution in [-0.2, 0) is 9.59 Å². The summed E-state index contributed by atoms with van der Waals surface area (Å²) in [7, 11) is 0. The van der Waals surface area contributed by atoms with Gasteiger partial charge in [0, 0.05) is 6.54 Å². The van der Waals surface area contributed by atoms with Crippen LogP contribution in [0.3, 0.4) is 0 Å². The quantitative estimate of drug-likeness (QED) is 0.847. The Balaban J connectivity index is 2.07. The largest absolute Gasteiger partial charge is 0.342 e. The van der Waals surface area contributed by atoms with Gasteiger partial charge in [0.05, 0.1) is 0 Å². The van der Waals surface area contributed by atoms with Crippen LogP contribution >= 0.6 is 11.8 Å². The van der Waals surface area contributed by atoms with Gasteiger partial charge in [-0.2, -0.15) is 11.8 Å². The van der Waals surface area contributed by atoms with Crippen LogP contribution < -0.4 is 5.32 Å². The highest BCUT2D eigenvalue weighted by atomic mass is 32.2. The molecule has 2 aliphatic rings. The number of hydrogen-bond acceptors (Lipinski definition) is 3. The number of amides is 2. The van der Waals surface area contributed by atoms with E-state index < -0.39 is 0 Å². The molecule has 4 nitrogen and oxygen atoms in total. The first-order chi connectivity index (χ1) is 10.0. The van der Waals surface area contributed by atoms with Crippen molar-refractivity contribution in [3.8, 4) is 0 Å². The summed E-state index contributed by atoms with van der Waals surface area (Å²) in [4.78, 5) is 26.9. The number of piperazine rings is 1. The molecular weight excluding hydrogens is 284 g/mol. The minimum absolute atomic E-state index is 0.0153. The van der Waals surface area contributed by atoms with Crippen molar-refractivity contribution in [2.75, 3.05) is 18.6 Å². The topological polar surface area (TPSA) is 49.4 Å². The van der Waals surface area contributed by atoms with Gasteiger partial charge in [0.15, 0.2) is 0 Å². The van der Waals surface area contributed by atoms with Crippen LogP contribution in [0, 0.1) is 11.8 Å². The molecule has 3 unspecified atom stereocenters. The number of rotatable bonds is 5. The van der Waals surface area contributed by atoms with Gasteiger partial charge in [0.1, 0.15) is 12.1 Å². The van der Waals surface area contributed by atoms with E-state index in [1.165, 1.54) is 19.3 Å². The van der Waals surface area contributed by atoms with Crippen molar-refractivity contribution < 1.29 is 9.59 Å². The smallest absolute Gasteiger partial charge is 0.246 e. The molecule has 1 N–H and O–H groups in total. The molecule has 3 atom stereocenters. The van der Waals surface area contributed by atoms with Crippen LogP contribution in [0.1, 0.15) is 46.0 Å². The van der Waals surface area contributed by atoms with Crippen LogP contribution in [0.5, 0.6) is 0 Å². The number of nitrogens with zero attached hydrogens (tertiary/aromatic N) is 1. The second-order valence-corrected chi connectivity index (χ2v) is 7.52. The molecule has 1 heterocycles. The summed E-state index contributed by atoms with van der Waals surface area (Å²) < 4.78 is 0. The maximum Gasteiger partial charge on any atom is 0.246 e. The molecule has 2 amide bonds. The highest BCUT2D eigenvalue weighted by Gasteiger charge is 2.42. The molecule has 0 aromatic carbocycles. The summed E-state index contributed by atoms with van der Waals surface area (Å²) in [6, 6.07) is -0.614. The Hall–Kier alpha value is -0.710. The summed E-state index contributed by atoms with van der Waals surface area (Å²) in [6.07, 6.45) is 7.84. The van der Waals surface area contributed by atoms with E-state index in [-0.39, 0.29) is 23.9 Å². The Kier molecular flexibility index (Phi) is 5.97. The predicted molar refractivity (Wildman–Crippen MR) is 87.2 cm³/mol. The van der Waals surface area contributed by atoms with Crippen molar-refractivity contribution in [2.45, 2.75) is 58.0 Å². The number of carbonyl (C=O) groups excluding carboxylic acids is 2. The third-order valence-electron chi connectivity index (χ3n) is 4.77. The molecule has 0 aromatic rings.